The lowest BCUT2D eigenvalue weighted by Gasteiger charge is -2.06. The number of carbonyl (C=O) groups excluding carboxylic acids is 1. The number of hydrogen-bond donors (Lipinski definition) is 1. The van der Waals surface area contributed by atoms with Gasteiger partial charge < -0.3 is 4.74 Å². The number of hydrazone groups is 1. The molecule has 1 unspecified atom stereocenters. The summed E-state index contributed by atoms with van der Waals surface area (Å²) in [6, 6.07) is 0. The molecule has 1 atom stereocenters. The van der Waals surface area contributed by atoms with E-state index in [4.69, 9.17) is 4.74 Å². The third-order valence-corrected chi connectivity index (χ3v) is 2.20. The lowest BCUT2D eigenvalue weighted by molar-refractivity contribution is -0.120. The minimum Gasteiger partial charge on any atom is -0.381 e. The molecule has 4 heteroatoms. The summed E-state index contributed by atoms with van der Waals surface area (Å²) in [5, 5.41) is 4.01. The Morgan fingerprint density at radius 2 is 2.46 bits per heavy atom. The summed E-state index contributed by atoms with van der Waals surface area (Å²) in [6.07, 6.45) is 1.48. The van der Waals surface area contributed by atoms with E-state index in [1.54, 1.807) is 6.92 Å². The summed E-state index contributed by atoms with van der Waals surface area (Å²) in [4.78, 5) is 10.9. The van der Waals surface area contributed by atoms with Gasteiger partial charge in [0, 0.05) is 24.7 Å². The molecule has 1 saturated heterocycles. The van der Waals surface area contributed by atoms with Crippen molar-refractivity contribution in [3.8, 4) is 0 Å². The van der Waals surface area contributed by atoms with Gasteiger partial charge in [0.1, 0.15) is 0 Å². The van der Waals surface area contributed by atoms with Crippen LogP contribution in [0.1, 0.15) is 26.7 Å². The largest absolute Gasteiger partial charge is 0.381 e. The Balaban J connectivity index is 2.36. The molecular formula is C9H16N2O2. The van der Waals surface area contributed by atoms with Gasteiger partial charge in [0.15, 0.2) is 0 Å². The van der Waals surface area contributed by atoms with Crippen LogP contribution in [0.15, 0.2) is 5.10 Å². The fourth-order valence-electron chi connectivity index (χ4n) is 1.18. The van der Waals surface area contributed by atoms with E-state index in [0.717, 1.165) is 25.3 Å². The highest BCUT2D eigenvalue weighted by molar-refractivity contribution is 5.86. The summed E-state index contributed by atoms with van der Waals surface area (Å²) in [5.74, 6) is 0.343. The van der Waals surface area contributed by atoms with Gasteiger partial charge in [-0.1, -0.05) is 6.92 Å². The van der Waals surface area contributed by atoms with Gasteiger partial charge >= 0.3 is 0 Å². The summed E-state index contributed by atoms with van der Waals surface area (Å²) in [7, 11) is 0. The van der Waals surface area contributed by atoms with Gasteiger partial charge in [0.2, 0.25) is 5.91 Å². The Bertz CT molecular complexity index is 208. The van der Waals surface area contributed by atoms with Crippen LogP contribution >= 0.6 is 0 Å². The SMILES string of the molecule is CCC(=O)N/N=C(\C)C1CCOC1. The number of ether oxygens (including phenoxy) is 1. The topological polar surface area (TPSA) is 50.7 Å². The molecule has 0 bridgehead atoms. The van der Waals surface area contributed by atoms with E-state index < -0.39 is 0 Å². The first kappa shape index (κ1) is 10.2. The molecule has 1 aliphatic rings. The van der Waals surface area contributed by atoms with Crippen LogP contribution < -0.4 is 5.43 Å². The van der Waals surface area contributed by atoms with Crippen LogP contribution in [0, 0.1) is 5.92 Å². The number of nitrogens with zero attached hydrogens (tertiary/aromatic N) is 1. The first-order valence-corrected chi connectivity index (χ1v) is 4.64. The molecule has 13 heavy (non-hydrogen) atoms. The minimum atomic E-state index is -0.0433. The number of carbonyl (C=O) groups is 1. The van der Waals surface area contributed by atoms with Gasteiger partial charge in [0.25, 0.3) is 0 Å². The zero-order valence-corrected chi connectivity index (χ0v) is 8.17. The molecule has 0 aromatic rings. The Morgan fingerprint density at radius 1 is 1.69 bits per heavy atom. The standard InChI is InChI=1S/C9H16N2O2/c1-3-9(12)11-10-7(2)8-4-5-13-6-8/h8H,3-6H2,1-2H3,(H,11,12)/b10-7+. The zero-order chi connectivity index (χ0) is 9.68. The van der Waals surface area contributed by atoms with Crippen molar-refractivity contribution in [3.63, 3.8) is 0 Å². The van der Waals surface area contributed by atoms with Gasteiger partial charge in [0.05, 0.1) is 6.61 Å². The van der Waals surface area contributed by atoms with E-state index in [0.29, 0.717) is 12.3 Å². The normalized spacial score (nSPS) is 23.2. The van der Waals surface area contributed by atoms with Crippen molar-refractivity contribution < 1.29 is 9.53 Å². The van der Waals surface area contributed by atoms with Crippen molar-refractivity contribution >= 4 is 11.6 Å². The summed E-state index contributed by atoms with van der Waals surface area (Å²) >= 11 is 0. The molecule has 1 fully saturated rings. The second kappa shape index (κ2) is 4.97. The Labute approximate surface area is 78.3 Å². The first-order valence-electron chi connectivity index (χ1n) is 4.64. The number of hydrogen-bond acceptors (Lipinski definition) is 3. The van der Waals surface area contributed by atoms with Crippen molar-refractivity contribution in [1.82, 2.24) is 5.43 Å². The molecular weight excluding hydrogens is 168 g/mol. The van der Waals surface area contributed by atoms with E-state index in [9.17, 15) is 4.79 Å². The zero-order valence-electron chi connectivity index (χ0n) is 8.17. The molecule has 1 heterocycles. The molecule has 0 spiro atoms. The predicted octanol–water partition coefficient (Wildman–Crippen LogP) is 0.925. The molecule has 0 aromatic carbocycles. The quantitative estimate of drug-likeness (QED) is 0.524. The first-order chi connectivity index (χ1) is 6.24. The maximum absolute atomic E-state index is 10.9. The number of nitrogens with one attached hydrogen (secondary N) is 1. The van der Waals surface area contributed by atoms with Crippen molar-refractivity contribution in [2.24, 2.45) is 11.0 Å². The molecule has 1 rings (SSSR count). The van der Waals surface area contributed by atoms with Crippen LogP contribution in [0.4, 0.5) is 0 Å². The molecule has 0 aliphatic carbocycles. The van der Waals surface area contributed by atoms with Gasteiger partial charge in [-0.05, 0) is 13.3 Å². The van der Waals surface area contributed by atoms with Gasteiger partial charge in [-0.2, -0.15) is 5.10 Å². The van der Waals surface area contributed by atoms with E-state index in [2.05, 4.69) is 10.5 Å². The molecule has 1 aliphatic heterocycles. The average molecular weight is 184 g/mol. The average Bonchev–Trinajstić information content (AvgIpc) is 2.66. The third-order valence-electron chi connectivity index (χ3n) is 2.20. The van der Waals surface area contributed by atoms with Crippen molar-refractivity contribution in [1.29, 1.82) is 0 Å². The Hall–Kier alpha value is -0.900. The Kier molecular flexibility index (Phi) is 3.89. The maximum Gasteiger partial charge on any atom is 0.239 e. The molecule has 1 amide bonds. The van der Waals surface area contributed by atoms with Crippen molar-refractivity contribution in [2.45, 2.75) is 26.7 Å². The van der Waals surface area contributed by atoms with E-state index in [-0.39, 0.29) is 5.91 Å². The van der Waals surface area contributed by atoms with Gasteiger partial charge in [-0.25, -0.2) is 5.43 Å². The fourth-order valence-corrected chi connectivity index (χ4v) is 1.18. The fraction of sp³-hybridized carbons (Fsp3) is 0.778. The third kappa shape index (κ3) is 3.14. The van der Waals surface area contributed by atoms with Crippen LogP contribution in [-0.4, -0.2) is 24.8 Å². The van der Waals surface area contributed by atoms with Crippen LogP contribution in [0.5, 0.6) is 0 Å². The van der Waals surface area contributed by atoms with E-state index in [1.807, 2.05) is 6.92 Å². The highest BCUT2D eigenvalue weighted by Crippen LogP contribution is 2.13. The lowest BCUT2D eigenvalue weighted by Crippen LogP contribution is -2.21. The summed E-state index contributed by atoms with van der Waals surface area (Å²) < 4.78 is 5.22. The molecule has 0 aromatic heterocycles. The van der Waals surface area contributed by atoms with Crippen LogP contribution in [0.3, 0.4) is 0 Å². The van der Waals surface area contributed by atoms with Crippen molar-refractivity contribution in [2.75, 3.05) is 13.2 Å². The van der Waals surface area contributed by atoms with E-state index >= 15 is 0 Å². The van der Waals surface area contributed by atoms with Gasteiger partial charge in [-0.3, -0.25) is 4.79 Å². The maximum atomic E-state index is 10.9. The minimum absolute atomic E-state index is 0.0433. The molecule has 0 saturated carbocycles. The highest BCUT2D eigenvalue weighted by atomic mass is 16.5. The predicted molar refractivity (Wildman–Crippen MR) is 50.5 cm³/mol. The van der Waals surface area contributed by atoms with Crippen molar-refractivity contribution in [3.05, 3.63) is 0 Å². The second-order valence-electron chi connectivity index (χ2n) is 3.20. The Morgan fingerprint density at radius 3 is 3.00 bits per heavy atom. The molecule has 4 nitrogen and oxygen atoms in total. The number of amides is 1. The molecule has 74 valence electrons. The van der Waals surface area contributed by atoms with Crippen LogP contribution in [0.2, 0.25) is 0 Å². The lowest BCUT2D eigenvalue weighted by atomic mass is 10.0. The second-order valence-corrected chi connectivity index (χ2v) is 3.20. The van der Waals surface area contributed by atoms with Gasteiger partial charge in [-0.15, -0.1) is 0 Å². The summed E-state index contributed by atoms with van der Waals surface area (Å²) in [5.41, 5.74) is 3.46. The highest BCUT2D eigenvalue weighted by Gasteiger charge is 2.18. The van der Waals surface area contributed by atoms with Crippen LogP contribution in [0.25, 0.3) is 0 Å². The van der Waals surface area contributed by atoms with Crippen LogP contribution in [-0.2, 0) is 9.53 Å². The molecule has 0 radical (unpaired) electrons. The monoisotopic (exact) mass is 184 g/mol. The number of rotatable bonds is 3. The smallest absolute Gasteiger partial charge is 0.239 e. The van der Waals surface area contributed by atoms with E-state index in [1.165, 1.54) is 0 Å². The summed E-state index contributed by atoms with van der Waals surface area (Å²) in [6.45, 7) is 5.27. The molecule has 1 N–H and O–H groups in total.